The van der Waals surface area contributed by atoms with Gasteiger partial charge in [-0.05, 0) is 66.3 Å². The molecule has 2 fully saturated rings. The van der Waals surface area contributed by atoms with Crippen molar-refractivity contribution in [3.63, 3.8) is 0 Å². The van der Waals surface area contributed by atoms with Gasteiger partial charge in [0.1, 0.15) is 23.8 Å². The highest BCUT2D eigenvalue weighted by molar-refractivity contribution is 7.89. The number of ether oxygens (including phenoxy) is 2. The molecular weight excluding hydrogens is 571 g/mol. The summed E-state index contributed by atoms with van der Waals surface area (Å²) >= 11 is 0. The molecule has 1 aromatic heterocycles. The maximum atomic E-state index is 13.6. The fraction of sp³-hybridized carbons (Fsp3) is 0.364. The first-order valence-electron chi connectivity index (χ1n) is 14.7. The van der Waals surface area contributed by atoms with E-state index >= 15 is 0 Å². The number of nitrogens with zero attached hydrogens (tertiary/aromatic N) is 2. The fourth-order valence-corrected chi connectivity index (χ4v) is 7.44. The number of fused-ring (bicyclic) bond motifs is 1. The van der Waals surface area contributed by atoms with Crippen LogP contribution in [-0.2, 0) is 39.1 Å². The van der Waals surface area contributed by atoms with Crippen LogP contribution in [0.1, 0.15) is 36.0 Å². The highest BCUT2D eigenvalue weighted by Gasteiger charge is 2.40. The topological polar surface area (TPSA) is 89.3 Å². The van der Waals surface area contributed by atoms with Crippen molar-refractivity contribution in [2.24, 2.45) is 0 Å². The summed E-state index contributed by atoms with van der Waals surface area (Å²) in [7, 11) is -4.05. The molecule has 43 heavy (non-hydrogen) atoms. The Balaban J connectivity index is 1.05. The van der Waals surface area contributed by atoms with Gasteiger partial charge in [0.25, 0.3) is 10.0 Å². The molecule has 3 aromatic carbocycles. The summed E-state index contributed by atoms with van der Waals surface area (Å²) in [5.74, 6) is 0.108. The Kier molecular flexibility index (Phi) is 8.90. The number of carbonyl (C=O) groups excluding carboxylic acids is 1. The molecule has 3 heterocycles. The van der Waals surface area contributed by atoms with E-state index in [0.717, 1.165) is 49.7 Å². The molecule has 4 aromatic rings. The molecule has 226 valence electrons. The van der Waals surface area contributed by atoms with Gasteiger partial charge in [0.15, 0.2) is 5.78 Å². The third-order valence-electron chi connectivity index (χ3n) is 8.06. The molecule has 0 N–H and O–H groups in total. The molecule has 0 saturated carbocycles. The lowest BCUT2D eigenvalue weighted by atomic mass is 10.0. The van der Waals surface area contributed by atoms with Crippen LogP contribution >= 0.6 is 0 Å². The zero-order valence-electron chi connectivity index (χ0n) is 23.9. The van der Waals surface area contributed by atoms with Crippen LogP contribution in [0.2, 0.25) is 0 Å². The Labute approximate surface area is 251 Å². The molecule has 0 spiro atoms. The van der Waals surface area contributed by atoms with Crippen LogP contribution in [0.15, 0.2) is 82.3 Å². The minimum atomic E-state index is -4.05. The number of halogens is 1. The summed E-state index contributed by atoms with van der Waals surface area (Å²) in [5, 5.41) is 0.0905. The number of hydrogen-bond acceptors (Lipinski definition) is 7. The van der Waals surface area contributed by atoms with E-state index < -0.39 is 21.9 Å². The van der Waals surface area contributed by atoms with E-state index in [2.05, 4.69) is 29.2 Å². The fourth-order valence-electron chi connectivity index (χ4n) is 5.81. The second-order valence-electron chi connectivity index (χ2n) is 11.1. The van der Waals surface area contributed by atoms with Crippen LogP contribution in [0.3, 0.4) is 0 Å². The standard InChI is InChI=1S/C33H35FN2O6S/c34-28-10-12-32-27(20-28)21-33(42-32)43(38,39)36-13-3-8-30(36)31(37)11-9-24-4-2-7-29(19-24)41-23-26-6-1-5-25(18-26)22-35-14-16-40-17-15-35/h1-2,4-7,10,12,18-21,30H,3,8-9,11,13-17,22-23H2. The highest BCUT2D eigenvalue weighted by Crippen LogP contribution is 2.31. The largest absolute Gasteiger partial charge is 0.489 e. The minimum absolute atomic E-state index is 0.133. The van der Waals surface area contributed by atoms with Gasteiger partial charge in [-0.2, -0.15) is 4.31 Å². The summed E-state index contributed by atoms with van der Waals surface area (Å²) in [5.41, 5.74) is 3.55. The lowest BCUT2D eigenvalue weighted by Crippen LogP contribution is -2.40. The lowest BCUT2D eigenvalue weighted by Gasteiger charge is -2.26. The first kappa shape index (κ1) is 29.5. The van der Waals surface area contributed by atoms with Gasteiger partial charge in [0, 0.05) is 44.1 Å². The molecule has 0 bridgehead atoms. The zero-order chi connectivity index (χ0) is 29.8. The first-order valence-corrected chi connectivity index (χ1v) is 16.1. The molecular formula is C33H35FN2O6S. The van der Waals surface area contributed by atoms with Crippen molar-refractivity contribution >= 4 is 26.8 Å². The number of aryl methyl sites for hydroxylation is 1. The summed E-state index contributed by atoms with van der Waals surface area (Å²) in [6.07, 6.45) is 1.72. The van der Waals surface area contributed by atoms with Gasteiger partial charge in [0.05, 0.1) is 19.3 Å². The second kappa shape index (κ2) is 13.0. The smallest absolute Gasteiger partial charge is 0.277 e. The van der Waals surface area contributed by atoms with Crippen molar-refractivity contribution in [3.05, 3.63) is 95.3 Å². The van der Waals surface area contributed by atoms with Gasteiger partial charge in [-0.1, -0.05) is 36.4 Å². The molecule has 0 aliphatic carbocycles. The summed E-state index contributed by atoms with van der Waals surface area (Å²) in [6, 6.07) is 20.5. The Morgan fingerprint density at radius 1 is 0.930 bits per heavy atom. The number of morpholine rings is 1. The molecule has 0 amide bonds. The molecule has 8 nitrogen and oxygen atoms in total. The average molecular weight is 607 g/mol. The van der Waals surface area contributed by atoms with Crippen molar-refractivity contribution in [2.75, 3.05) is 32.8 Å². The van der Waals surface area contributed by atoms with E-state index in [-0.39, 0.29) is 29.4 Å². The van der Waals surface area contributed by atoms with Crippen molar-refractivity contribution in [1.29, 1.82) is 0 Å². The van der Waals surface area contributed by atoms with Crippen molar-refractivity contribution in [2.45, 2.75) is 50.0 Å². The van der Waals surface area contributed by atoms with E-state index in [1.807, 2.05) is 24.3 Å². The SMILES string of the molecule is O=C(CCc1cccc(OCc2cccc(CN3CCOCC3)c2)c1)C1CCCN1S(=O)(=O)c1cc2cc(F)ccc2o1. The number of hydrogen-bond donors (Lipinski definition) is 0. The van der Waals surface area contributed by atoms with Crippen molar-refractivity contribution in [3.8, 4) is 5.75 Å². The number of benzene rings is 3. The maximum absolute atomic E-state index is 13.6. The molecule has 1 atom stereocenters. The predicted molar refractivity (Wildman–Crippen MR) is 160 cm³/mol. The van der Waals surface area contributed by atoms with Gasteiger partial charge in [-0.25, -0.2) is 12.8 Å². The molecule has 1 unspecified atom stereocenters. The Morgan fingerprint density at radius 2 is 1.72 bits per heavy atom. The van der Waals surface area contributed by atoms with Crippen LogP contribution in [0.25, 0.3) is 11.0 Å². The van der Waals surface area contributed by atoms with Crippen molar-refractivity contribution in [1.82, 2.24) is 9.21 Å². The van der Waals surface area contributed by atoms with Crippen LogP contribution in [0, 0.1) is 5.82 Å². The quantitative estimate of drug-likeness (QED) is 0.228. The number of Topliss-reactive ketones (excluding diaryl/α,β-unsaturated/α-hetero) is 1. The summed E-state index contributed by atoms with van der Waals surface area (Å²) < 4.78 is 58.7. The minimum Gasteiger partial charge on any atom is -0.489 e. The summed E-state index contributed by atoms with van der Waals surface area (Å²) in [4.78, 5) is 15.7. The Hall–Kier alpha value is -3.57. The van der Waals surface area contributed by atoms with Crippen LogP contribution in [0.5, 0.6) is 5.75 Å². The lowest BCUT2D eigenvalue weighted by molar-refractivity contribution is -0.122. The van der Waals surface area contributed by atoms with E-state index in [1.54, 1.807) is 0 Å². The molecule has 6 rings (SSSR count). The number of ketones is 1. The van der Waals surface area contributed by atoms with E-state index in [0.29, 0.717) is 31.3 Å². The third kappa shape index (κ3) is 6.99. The molecule has 2 saturated heterocycles. The number of carbonyl (C=O) groups is 1. The number of rotatable bonds is 11. The predicted octanol–water partition coefficient (Wildman–Crippen LogP) is 5.34. The van der Waals surface area contributed by atoms with E-state index in [1.165, 1.54) is 34.1 Å². The Morgan fingerprint density at radius 3 is 2.58 bits per heavy atom. The van der Waals surface area contributed by atoms with Crippen molar-refractivity contribution < 1.29 is 31.5 Å². The van der Waals surface area contributed by atoms with Crippen LogP contribution in [0.4, 0.5) is 4.39 Å². The van der Waals surface area contributed by atoms with E-state index in [9.17, 15) is 17.6 Å². The molecule has 2 aliphatic heterocycles. The van der Waals surface area contributed by atoms with Crippen LogP contribution < -0.4 is 4.74 Å². The number of sulfonamides is 1. The van der Waals surface area contributed by atoms with Crippen LogP contribution in [-0.4, -0.2) is 62.3 Å². The summed E-state index contributed by atoms with van der Waals surface area (Å²) in [6.45, 7) is 4.98. The molecule has 0 radical (unpaired) electrons. The number of furan rings is 1. The van der Waals surface area contributed by atoms with Gasteiger partial charge < -0.3 is 13.9 Å². The average Bonchev–Trinajstić information content (AvgIpc) is 3.68. The first-order chi connectivity index (χ1) is 20.8. The highest BCUT2D eigenvalue weighted by atomic mass is 32.2. The van der Waals surface area contributed by atoms with Gasteiger partial charge in [0.2, 0.25) is 5.09 Å². The zero-order valence-corrected chi connectivity index (χ0v) is 24.7. The maximum Gasteiger partial charge on any atom is 0.277 e. The van der Waals surface area contributed by atoms with E-state index in [4.69, 9.17) is 13.9 Å². The normalized spacial score (nSPS) is 18.3. The van der Waals surface area contributed by atoms with Gasteiger partial charge >= 0.3 is 0 Å². The van der Waals surface area contributed by atoms with Gasteiger partial charge in [-0.15, -0.1) is 0 Å². The monoisotopic (exact) mass is 606 g/mol. The molecule has 10 heteroatoms. The second-order valence-corrected chi connectivity index (χ2v) is 13.0. The Bertz CT molecular complexity index is 1700. The molecule has 2 aliphatic rings. The third-order valence-corrected chi connectivity index (χ3v) is 9.82. The van der Waals surface area contributed by atoms with Gasteiger partial charge in [-0.3, -0.25) is 9.69 Å².